The summed E-state index contributed by atoms with van der Waals surface area (Å²) in [5.74, 6) is 0.700. The number of carbonyl (C=O) groups is 1. The molecule has 2 aromatic rings. The highest BCUT2D eigenvalue weighted by Gasteiger charge is 2.34. The van der Waals surface area contributed by atoms with Crippen LogP contribution >= 0.6 is 23.7 Å². The van der Waals surface area contributed by atoms with Crippen molar-refractivity contribution in [1.29, 1.82) is 0 Å². The number of hydrogen-bond donors (Lipinski definition) is 1. The molecule has 3 aliphatic heterocycles. The molecular weight excluding hydrogens is 306 g/mol. The zero-order chi connectivity index (χ0) is 13.5. The van der Waals surface area contributed by atoms with E-state index in [0.29, 0.717) is 12.0 Å². The minimum atomic E-state index is 0. The van der Waals surface area contributed by atoms with Crippen molar-refractivity contribution < 1.29 is 4.79 Å². The van der Waals surface area contributed by atoms with Crippen molar-refractivity contribution in [3.05, 3.63) is 29.3 Å². The largest absolute Gasteiger partial charge is 0.348 e. The molecule has 0 saturated carbocycles. The van der Waals surface area contributed by atoms with Crippen molar-refractivity contribution in [1.82, 2.24) is 15.2 Å². The van der Waals surface area contributed by atoms with Gasteiger partial charge in [0.15, 0.2) is 0 Å². The van der Waals surface area contributed by atoms with Crippen LogP contribution in [0.25, 0.3) is 10.2 Å². The quantitative estimate of drug-likeness (QED) is 0.923. The van der Waals surface area contributed by atoms with Crippen LogP contribution in [-0.4, -0.2) is 41.5 Å². The number of benzene rings is 1. The predicted molar refractivity (Wildman–Crippen MR) is 87.3 cm³/mol. The van der Waals surface area contributed by atoms with Crippen LogP contribution in [0.2, 0.25) is 0 Å². The molecule has 1 aromatic heterocycles. The summed E-state index contributed by atoms with van der Waals surface area (Å²) in [6.45, 7) is 3.40. The van der Waals surface area contributed by atoms with Gasteiger partial charge in [-0.05, 0) is 50.0 Å². The third-order valence-electron chi connectivity index (χ3n) is 4.57. The molecule has 112 valence electrons. The minimum Gasteiger partial charge on any atom is -0.348 e. The molecule has 1 unspecified atom stereocenters. The van der Waals surface area contributed by atoms with E-state index in [0.717, 1.165) is 22.3 Å². The van der Waals surface area contributed by atoms with Crippen molar-refractivity contribution in [3.8, 4) is 0 Å². The van der Waals surface area contributed by atoms with E-state index in [-0.39, 0.29) is 18.3 Å². The average Bonchev–Trinajstić information content (AvgIpc) is 2.96. The second-order valence-electron chi connectivity index (χ2n) is 5.75. The van der Waals surface area contributed by atoms with Gasteiger partial charge in [0.05, 0.1) is 15.7 Å². The molecule has 5 rings (SSSR count). The fraction of sp³-hybridized carbons (Fsp3) is 0.467. The highest BCUT2D eigenvalue weighted by Crippen LogP contribution is 2.27. The summed E-state index contributed by atoms with van der Waals surface area (Å²) in [7, 11) is 0. The maximum Gasteiger partial charge on any atom is 0.251 e. The highest BCUT2D eigenvalue weighted by atomic mass is 35.5. The monoisotopic (exact) mass is 323 g/mol. The van der Waals surface area contributed by atoms with Gasteiger partial charge >= 0.3 is 0 Å². The molecule has 3 aliphatic rings. The first-order valence-corrected chi connectivity index (χ1v) is 8.04. The molecule has 4 nitrogen and oxygen atoms in total. The Bertz CT molecular complexity index is 651. The first-order chi connectivity index (χ1) is 9.79. The van der Waals surface area contributed by atoms with E-state index in [2.05, 4.69) is 15.2 Å². The summed E-state index contributed by atoms with van der Waals surface area (Å²) in [5.41, 5.74) is 3.45. The molecular formula is C15H18ClN3OS. The number of halogens is 1. The molecule has 21 heavy (non-hydrogen) atoms. The van der Waals surface area contributed by atoms with Crippen LogP contribution in [0.1, 0.15) is 23.2 Å². The highest BCUT2D eigenvalue weighted by molar-refractivity contribution is 7.16. The predicted octanol–water partition coefficient (Wildman–Crippen LogP) is 2.54. The second kappa shape index (κ2) is 5.91. The Balaban J connectivity index is 0.00000132. The second-order valence-corrected chi connectivity index (χ2v) is 6.64. The minimum absolute atomic E-state index is 0. The summed E-state index contributed by atoms with van der Waals surface area (Å²) in [5, 5.41) is 3.22. The lowest BCUT2D eigenvalue weighted by Crippen LogP contribution is -2.57. The molecule has 1 atom stereocenters. The van der Waals surface area contributed by atoms with E-state index in [9.17, 15) is 4.79 Å². The third kappa shape index (κ3) is 2.78. The molecule has 0 radical (unpaired) electrons. The zero-order valence-electron chi connectivity index (χ0n) is 11.6. The van der Waals surface area contributed by atoms with Gasteiger partial charge in [0.25, 0.3) is 5.91 Å². The van der Waals surface area contributed by atoms with Gasteiger partial charge in [-0.25, -0.2) is 4.98 Å². The van der Waals surface area contributed by atoms with E-state index in [1.54, 1.807) is 11.3 Å². The molecule has 3 fully saturated rings. The summed E-state index contributed by atoms with van der Waals surface area (Å²) in [4.78, 5) is 19.1. The van der Waals surface area contributed by atoms with Crippen molar-refractivity contribution in [2.24, 2.45) is 5.92 Å². The maximum atomic E-state index is 12.4. The van der Waals surface area contributed by atoms with Gasteiger partial charge in [-0.2, -0.15) is 0 Å². The lowest BCUT2D eigenvalue weighted by atomic mass is 9.84. The number of hydrogen-bond acceptors (Lipinski definition) is 4. The molecule has 4 heterocycles. The number of amides is 1. The Labute approximate surface area is 134 Å². The zero-order valence-corrected chi connectivity index (χ0v) is 13.3. The van der Waals surface area contributed by atoms with Gasteiger partial charge in [0, 0.05) is 18.2 Å². The normalized spacial score (nSPS) is 27.3. The molecule has 1 aromatic carbocycles. The Hall–Kier alpha value is -1.17. The SMILES string of the molecule is Cl.O=C(NC1CN2CCC1CC2)c1ccc2scnc2c1. The van der Waals surface area contributed by atoms with E-state index in [4.69, 9.17) is 0 Å². The molecule has 6 heteroatoms. The third-order valence-corrected chi connectivity index (χ3v) is 5.38. The summed E-state index contributed by atoms with van der Waals surface area (Å²) in [6.07, 6.45) is 2.44. The molecule has 2 bridgehead atoms. The van der Waals surface area contributed by atoms with Gasteiger partial charge in [0.1, 0.15) is 0 Å². The van der Waals surface area contributed by atoms with Crippen molar-refractivity contribution in [3.63, 3.8) is 0 Å². The van der Waals surface area contributed by atoms with Gasteiger partial charge in [0.2, 0.25) is 0 Å². The topological polar surface area (TPSA) is 45.2 Å². The standard InChI is InChI=1S/C15H17N3OS.ClH/c19-15(11-1-2-14-12(7-11)16-9-20-14)17-13-8-18-5-3-10(13)4-6-18;/h1-2,7,9-10,13H,3-6,8H2,(H,17,19);1H. The van der Waals surface area contributed by atoms with Crippen LogP contribution in [0.3, 0.4) is 0 Å². The number of nitrogens with zero attached hydrogens (tertiary/aromatic N) is 2. The van der Waals surface area contributed by atoms with Crippen LogP contribution in [-0.2, 0) is 0 Å². The summed E-state index contributed by atoms with van der Waals surface area (Å²) < 4.78 is 1.13. The summed E-state index contributed by atoms with van der Waals surface area (Å²) >= 11 is 1.60. The molecule has 0 spiro atoms. The number of fused-ring (bicyclic) bond motifs is 4. The van der Waals surface area contributed by atoms with Crippen LogP contribution in [0.4, 0.5) is 0 Å². The van der Waals surface area contributed by atoms with E-state index in [1.165, 1.54) is 25.9 Å². The van der Waals surface area contributed by atoms with Gasteiger partial charge in [-0.1, -0.05) is 0 Å². The fourth-order valence-corrected chi connectivity index (χ4v) is 4.04. The number of aromatic nitrogens is 1. The van der Waals surface area contributed by atoms with Crippen molar-refractivity contribution >= 4 is 39.9 Å². The smallest absolute Gasteiger partial charge is 0.251 e. The molecule has 1 N–H and O–H groups in total. The first-order valence-electron chi connectivity index (χ1n) is 7.16. The van der Waals surface area contributed by atoms with E-state index in [1.807, 2.05) is 23.7 Å². The average molecular weight is 324 g/mol. The van der Waals surface area contributed by atoms with Crippen molar-refractivity contribution in [2.75, 3.05) is 19.6 Å². The number of rotatable bonds is 2. The first kappa shape index (κ1) is 14.8. The molecule has 0 aliphatic carbocycles. The van der Waals surface area contributed by atoms with Gasteiger partial charge in [-0.15, -0.1) is 23.7 Å². The fourth-order valence-electron chi connectivity index (χ4n) is 3.38. The lowest BCUT2D eigenvalue weighted by Gasteiger charge is -2.44. The Morgan fingerprint density at radius 1 is 1.33 bits per heavy atom. The number of nitrogens with one attached hydrogen (secondary N) is 1. The summed E-state index contributed by atoms with van der Waals surface area (Å²) in [6, 6.07) is 6.09. The number of carbonyl (C=O) groups excluding carboxylic acids is 1. The molecule has 3 saturated heterocycles. The van der Waals surface area contributed by atoms with Gasteiger partial charge in [-0.3, -0.25) is 4.79 Å². The van der Waals surface area contributed by atoms with Crippen molar-refractivity contribution in [2.45, 2.75) is 18.9 Å². The maximum absolute atomic E-state index is 12.4. The lowest BCUT2D eigenvalue weighted by molar-refractivity contribution is 0.0620. The van der Waals surface area contributed by atoms with E-state index < -0.39 is 0 Å². The van der Waals surface area contributed by atoms with Gasteiger partial charge < -0.3 is 10.2 Å². The van der Waals surface area contributed by atoms with E-state index >= 15 is 0 Å². The Morgan fingerprint density at radius 2 is 2.14 bits per heavy atom. The van der Waals surface area contributed by atoms with Crippen LogP contribution in [0, 0.1) is 5.92 Å². The number of thiazole rings is 1. The molecule has 1 amide bonds. The van der Waals surface area contributed by atoms with Crippen LogP contribution in [0.5, 0.6) is 0 Å². The Kier molecular flexibility index (Phi) is 4.15. The number of piperidine rings is 3. The van der Waals surface area contributed by atoms with Crippen LogP contribution < -0.4 is 5.32 Å². The Morgan fingerprint density at radius 3 is 2.86 bits per heavy atom. The van der Waals surface area contributed by atoms with Crippen LogP contribution in [0.15, 0.2) is 23.7 Å².